The molecule has 0 spiro atoms. The second kappa shape index (κ2) is 8.36. The largest absolute Gasteiger partial charge is 0.488 e. The minimum absolute atomic E-state index is 0.0582. The highest BCUT2D eigenvalue weighted by Gasteiger charge is 2.14. The van der Waals surface area contributed by atoms with E-state index in [1.54, 1.807) is 50.5 Å². The number of likely N-dealkylation sites (N-methyl/N-ethyl adjacent to an activating group) is 1. The van der Waals surface area contributed by atoms with Crippen molar-refractivity contribution in [2.75, 3.05) is 20.6 Å². The second-order valence-corrected chi connectivity index (χ2v) is 5.82. The molecule has 0 fully saturated rings. The number of hydrogen-bond acceptors (Lipinski definition) is 3. The lowest BCUT2D eigenvalue weighted by molar-refractivity contribution is -0.127. The molecular weight excluding hydrogens is 328 g/mol. The van der Waals surface area contributed by atoms with Gasteiger partial charge in [0.2, 0.25) is 5.91 Å². The summed E-state index contributed by atoms with van der Waals surface area (Å²) in [5.41, 5.74) is 1.33. The van der Waals surface area contributed by atoms with E-state index in [2.05, 4.69) is 5.32 Å². The first kappa shape index (κ1) is 17.8. The Balaban J connectivity index is 2.02. The SMILES string of the molecule is CN(C)C(=O)CNC(=O)c1ccccc1OCc1ccc(Cl)cc1. The van der Waals surface area contributed by atoms with Crippen LogP contribution in [0.3, 0.4) is 0 Å². The highest BCUT2D eigenvalue weighted by atomic mass is 35.5. The first-order chi connectivity index (χ1) is 11.5. The maximum atomic E-state index is 12.3. The molecule has 0 saturated heterocycles. The molecule has 0 aromatic heterocycles. The standard InChI is InChI=1S/C18H19ClN2O3/c1-21(2)17(22)11-20-18(23)15-5-3-4-6-16(15)24-12-13-7-9-14(19)10-8-13/h3-10H,11-12H2,1-2H3,(H,20,23). The summed E-state index contributed by atoms with van der Waals surface area (Å²) in [7, 11) is 3.27. The zero-order valence-corrected chi connectivity index (χ0v) is 14.3. The average Bonchev–Trinajstić information content (AvgIpc) is 2.59. The third kappa shape index (κ3) is 4.99. The van der Waals surface area contributed by atoms with E-state index in [1.807, 2.05) is 12.1 Å². The van der Waals surface area contributed by atoms with Gasteiger partial charge in [0, 0.05) is 19.1 Å². The van der Waals surface area contributed by atoms with Crippen molar-refractivity contribution in [1.82, 2.24) is 10.2 Å². The van der Waals surface area contributed by atoms with Crippen LogP contribution in [0.4, 0.5) is 0 Å². The lowest BCUT2D eigenvalue weighted by Gasteiger charge is -2.13. The molecule has 0 bridgehead atoms. The zero-order chi connectivity index (χ0) is 17.5. The number of carbonyl (C=O) groups excluding carboxylic acids is 2. The maximum Gasteiger partial charge on any atom is 0.255 e. The van der Waals surface area contributed by atoms with Crippen LogP contribution >= 0.6 is 11.6 Å². The lowest BCUT2D eigenvalue weighted by atomic mass is 10.2. The lowest BCUT2D eigenvalue weighted by Crippen LogP contribution is -2.36. The summed E-state index contributed by atoms with van der Waals surface area (Å²) in [5.74, 6) is -0.0675. The Labute approximate surface area is 146 Å². The number of carbonyl (C=O) groups is 2. The minimum atomic E-state index is -0.350. The van der Waals surface area contributed by atoms with Crippen molar-refractivity contribution in [3.05, 3.63) is 64.7 Å². The van der Waals surface area contributed by atoms with Crippen molar-refractivity contribution in [2.45, 2.75) is 6.61 Å². The Morgan fingerprint density at radius 3 is 2.42 bits per heavy atom. The van der Waals surface area contributed by atoms with E-state index in [0.717, 1.165) is 5.56 Å². The molecular formula is C18H19ClN2O3. The Morgan fingerprint density at radius 1 is 1.08 bits per heavy atom. The highest BCUT2D eigenvalue weighted by molar-refractivity contribution is 6.30. The van der Waals surface area contributed by atoms with E-state index in [0.29, 0.717) is 22.9 Å². The minimum Gasteiger partial charge on any atom is -0.488 e. The van der Waals surface area contributed by atoms with Crippen LogP contribution in [0, 0.1) is 0 Å². The van der Waals surface area contributed by atoms with Gasteiger partial charge in [-0.25, -0.2) is 0 Å². The maximum absolute atomic E-state index is 12.3. The summed E-state index contributed by atoms with van der Waals surface area (Å²) in [6.07, 6.45) is 0. The van der Waals surface area contributed by atoms with Crippen LogP contribution in [0.5, 0.6) is 5.75 Å². The van der Waals surface area contributed by atoms with E-state index in [-0.39, 0.29) is 18.4 Å². The molecule has 2 rings (SSSR count). The number of rotatable bonds is 6. The molecule has 0 atom stereocenters. The van der Waals surface area contributed by atoms with Crippen LogP contribution < -0.4 is 10.1 Å². The Hall–Kier alpha value is -2.53. The van der Waals surface area contributed by atoms with Crippen LogP contribution in [0.25, 0.3) is 0 Å². The van der Waals surface area contributed by atoms with E-state index < -0.39 is 0 Å². The van der Waals surface area contributed by atoms with E-state index in [4.69, 9.17) is 16.3 Å². The van der Waals surface area contributed by atoms with Crippen LogP contribution in [0.2, 0.25) is 5.02 Å². The summed E-state index contributed by atoms with van der Waals surface area (Å²) in [5, 5.41) is 3.26. The van der Waals surface area contributed by atoms with Crippen LogP contribution in [-0.2, 0) is 11.4 Å². The fourth-order valence-corrected chi connectivity index (χ4v) is 2.06. The summed E-state index contributed by atoms with van der Waals surface area (Å²) in [6, 6.07) is 14.2. The predicted molar refractivity (Wildman–Crippen MR) is 93.3 cm³/mol. The average molecular weight is 347 g/mol. The number of para-hydroxylation sites is 1. The first-order valence-electron chi connectivity index (χ1n) is 7.42. The fourth-order valence-electron chi connectivity index (χ4n) is 1.93. The highest BCUT2D eigenvalue weighted by Crippen LogP contribution is 2.20. The molecule has 24 heavy (non-hydrogen) atoms. The van der Waals surface area contributed by atoms with Gasteiger partial charge in [-0.15, -0.1) is 0 Å². The van der Waals surface area contributed by atoms with Gasteiger partial charge >= 0.3 is 0 Å². The van der Waals surface area contributed by atoms with Gasteiger partial charge in [0.25, 0.3) is 5.91 Å². The number of nitrogens with one attached hydrogen (secondary N) is 1. The summed E-state index contributed by atoms with van der Waals surface area (Å²) in [4.78, 5) is 25.3. The summed E-state index contributed by atoms with van der Waals surface area (Å²) >= 11 is 5.85. The zero-order valence-electron chi connectivity index (χ0n) is 13.6. The Morgan fingerprint density at radius 2 is 1.75 bits per heavy atom. The van der Waals surface area contributed by atoms with E-state index in [1.165, 1.54) is 4.90 Å². The molecule has 0 aliphatic carbocycles. The predicted octanol–water partition coefficient (Wildman–Crippen LogP) is 2.74. The summed E-state index contributed by atoms with van der Waals surface area (Å²) < 4.78 is 5.74. The van der Waals surface area contributed by atoms with Gasteiger partial charge in [0.05, 0.1) is 12.1 Å². The number of amides is 2. The van der Waals surface area contributed by atoms with Gasteiger partial charge in [-0.3, -0.25) is 9.59 Å². The van der Waals surface area contributed by atoms with Gasteiger partial charge in [0.15, 0.2) is 0 Å². The van der Waals surface area contributed by atoms with Gasteiger partial charge in [-0.05, 0) is 29.8 Å². The van der Waals surface area contributed by atoms with Crippen molar-refractivity contribution in [2.24, 2.45) is 0 Å². The van der Waals surface area contributed by atoms with Gasteiger partial charge < -0.3 is 15.0 Å². The quantitative estimate of drug-likeness (QED) is 0.875. The van der Waals surface area contributed by atoms with Crippen LogP contribution in [-0.4, -0.2) is 37.4 Å². The number of ether oxygens (including phenoxy) is 1. The number of halogens is 1. The van der Waals surface area contributed by atoms with Crippen molar-refractivity contribution < 1.29 is 14.3 Å². The molecule has 0 heterocycles. The molecule has 0 aliphatic rings. The molecule has 1 N–H and O–H groups in total. The first-order valence-corrected chi connectivity index (χ1v) is 7.80. The molecule has 0 saturated carbocycles. The fraction of sp³-hybridized carbons (Fsp3) is 0.222. The van der Waals surface area contributed by atoms with Gasteiger partial charge in [-0.2, -0.15) is 0 Å². The molecule has 5 nitrogen and oxygen atoms in total. The third-order valence-corrected chi connectivity index (χ3v) is 3.59. The van der Waals surface area contributed by atoms with Crippen molar-refractivity contribution in [1.29, 1.82) is 0 Å². The molecule has 126 valence electrons. The Bertz CT molecular complexity index is 714. The molecule has 0 radical (unpaired) electrons. The Kier molecular flexibility index (Phi) is 6.21. The second-order valence-electron chi connectivity index (χ2n) is 5.38. The number of nitrogens with zero attached hydrogens (tertiary/aromatic N) is 1. The van der Waals surface area contributed by atoms with Gasteiger partial charge in [-0.1, -0.05) is 35.9 Å². The molecule has 6 heteroatoms. The molecule has 2 amide bonds. The normalized spacial score (nSPS) is 10.1. The smallest absolute Gasteiger partial charge is 0.255 e. The van der Waals surface area contributed by atoms with Crippen molar-refractivity contribution in [3.8, 4) is 5.75 Å². The monoisotopic (exact) mass is 346 g/mol. The van der Waals surface area contributed by atoms with Crippen molar-refractivity contribution >= 4 is 23.4 Å². The molecule has 2 aromatic carbocycles. The topological polar surface area (TPSA) is 58.6 Å². The number of hydrogen-bond donors (Lipinski definition) is 1. The van der Waals surface area contributed by atoms with Crippen LogP contribution in [0.15, 0.2) is 48.5 Å². The third-order valence-electron chi connectivity index (χ3n) is 3.34. The number of benzene rings is 2. The van der Waals surface area contributed by atoms with E-state index in [9.17, 15) is 9.59 Å². The molecule has 0 unspecified atom stereocenters. The summed E-state index contributed by atoms with van der Waals surface area (Å²) in [6.45, 7) is 0.259. The van der Waals surface area contributed by atoms with Gasteiger partial charge in [0.1, 0.15) is 12.4 Å². The van der Waals surface area contributed by atoms with E-state index >= 15 is 0 Å². The van der Waals surface area contributed by atoms with Crippen LogP contribution in [0.1, 0.15) is 15.9 Å². The molecule has 2 aromatic rings. The molecule has 0 aliphatic heterocycles. The van der Waals surface area contributed by atoms with Crippen molar-refractivity contribution in [3.63, 3.8) is 0 Å².